The van der Waals surface area contributed by atoms with Crippen LogP contribution < -0.4 is 15.8 Å². The lowest BCUT2D eigenvalue weighted by molar-refractivity contribution is 0.340. The molecule has 1 unspecified atom stereocenters. The Morgan fingerprint density at radius 2 is 2.24 bits per heavy atom. The number of ether oxygens (including phenoxy) is 1. The summed E-state index contributed by atoms with van der Waals surface area (Å²) < 4.78 is 5.39. The molecule has 96 valence electrons. The maximum absolute atomic E-state index is 6.12. The Balaban J connectivity index is 2.62. The van der Waals surface area contributed by atoms with E-state index in [0.29, 0.717) is 11.6 Å². The van der Waals surface area contributed by atoms with E-state index in [1.165, 1.54) is 0 Å². The van der Waals surface area contributed by atoms with Crippen LogP contribution in [0.25, 0.3) is 0 Å². The molecule has 0 saturated carbocycles. The van der Waals surface area contributed by atoms with Gasteiger partial charge in [-0.15, -0.1) is 0 Å². The van der Waals surface area contributed by atoms with E-state index in [0.717, 1.165) is 30.7 Å². The Morgan fingerprint density at radius 1 is 1.47 bits per heavy atom. The standard InChI is InChI=1S/C13H21ClN2O/c1-3-17-13-7-6-10(9-11(13)14)12(15)5-4-8-16-2/h6-7,9,12,16H,3-5,8,15H2,1-2H3. The van der Waals surface area contributed by atoms with Crippen molar-refractivity contribution in [3.63, 3.8) is 0 Å². The van der Waals surface area contributed by atoms with E-state index in [4.69, 9.17) is 22.1 Å². The molecule has 4 heteroatoms. The van der Waals surface area contributed by atoms with Crippen molar-refractivity contribution < 1.29 is 4.74 Å². The Bertz CT molecular complexity index is 344. The van der Waals surface area contributed by atoms with Crippen LogP contribution in [0.15, 0.2) is 18.2 Å². The van der Waals surface area contributed by atoms with Crippen LogP contribution in [0.3, 0.4) is 0 Å². The lowest BCUT2D eigenvalue weighted by Crippen LogP contribution is -2.14. The fourth-order valence-corrected chi connectivity index (χ4v) is 1.93. The predicted molar refractivity (Wildman–Crippen MR) is 72.7 cm³/mol. The van der Waals surface area contributed by atoms with Gasteiger partial charge >= 0.3 is 0 Å². The second-order valence-electron chi connectivity index (χ2n) is 3.98. The second-order valence-corrected chi connectivity index (χ2v) is 4.38. The number of hydrogen-bond donors (Lipinski definition) is 2. The van der Waals surface area contributed by atoms with Gasteiger partial charge in [0.25, 0.3) is 0 Å². The van der Waals surface area contributed by atoms with Crippen LogP contribution in [-0.4, -0.2) is 20.2 Å². The zero-order chi connectivity index (χ0) is 12.7. The van der Waals surface area contributed by atoms with E-state index >= 15 is 0 Å². The normalized spacial score (nSPS) is 12.5. The van der Waals surface area contributed by atoms with E-state index in [1.807, 2.05) is 32.2 Å². The van der Waals surface area contributed by atoms with Crippen molar-refractivity contribution >= 4 is 11.6 Å². The average Bonchev–Trinajstić information content (AvgIpc) is 2.32. The van der Waals surface area contributed by atoms with Crippen LogP contribution in [0, 0.1) is 0 Å². The van der Waals surface area contributed by atoms with Gasteiger partial charge in [-0.2, -0.15) is 0 Å². The van der Waals surface area contributed by atoms with Gasteiger partial charge in [-0.1, -0.05) is 17.7 Å². The third kappa shape index (κ3) is 4.54. The van der Waals surface area contributed by atoms with Crippen LogP contribution in [0.4, 0.5) is 0 Å². The molecule has 0 aliphatic rings. The van der Waals surface area contributed by atoms with Gasteiger partial charge in [-0.3, -0.25) is 0 Å². The smallest absolute Gasteiger partial charge is 0.137 e. The summed E-state index contributed by atoms with van der Waals surface area (Å²) >= 11 is 6.12. The molecule has 0 saturated heterocycles. The minimum Gasteiger partial charge on any atom is -0.492 e. The highest BCUT2D eigenvalue weighted by molar-refractivity contribution is 6.32. The minimum absolute atomic E-state index is 0.0385. The Kier molecular flexibility index (Phi) is 6.34. The quantitative estimate of drug-likeness (QED) is 0.738. The second kappa shape index (κ2) is 7.54. The summed E-state index contributed by atoms with van der Waals surface area (Å²) in [4.78, 5) is 0. The number of nitrogens with one attached hydrogen (secondary N) is 1. The Hall–Kier alpha value is -0.770. The number of nitrogens with two attached hydrogens (primary N) is 1. The predicted octanol–water partition coefficient (Wildman–Crippen LogP) is 2.74. The van der Waals surface area contributed by atoms with Crippen LogP contribution in [0.1, 0.15) is 31.4 Å². The molecule has 0 bridgehead atoms. The molecule has 0 aliphatic carbocycles. The summed E-state index contributed by atoms with van der Waals surface area (Å²) in [6, 6.07) is 5.81. The SMILES string of the molecule is CCOc1ccc(C(N)CCCNC)cc1Cl. The molecule has 0 heterocycles. The van der Waals surface area contributed by atoms with Crippen molar-refractivity contribution in [2.24, 2.45) is 5.73 Å². The van der Waals surface area contributed by atoms with Gasteiger partial charge in [0.1, 0.15) is 5.75 Å². The lowest BCUT2D eigenvalue weighted by Gasteiger charge is -2.14. The van der Waals surface area contributed by atoms with Gasteiger partial charge in [-0.05, 0) is 51.1 Å². The van der Waals surface area contributed by atoms with Crippen molar-refractivity contribution in [1.29, 1.82) is 0 Å². The summed E-state index contributed by atoms with van der Waals surface area (Å²) in [7, 11) is 1.94. The van der Waals surface area contributed by atoms with Crippen LogP contribution in [0.5, 0.6) is 5.75 Å². The van der Waals surface area contributed by atoms with Crippen molar-refractivity contribution in [1.82, 2.24) is 5.32 Å². The zero-order valence-electron chi connectivity index (χ0n) is 10.5. The van der Waals surface area contributed by atoms with E-state index in [1.54, 1.807) is 0 Å². The average molecular weight is 257 g/mol. The Morgan fingerprint density at radius 3 is 2.82 bits per heavy atom. The molecule has 0 fully saturated rings. The molecule has 0 spiro atoms. The molecular formula is C13H21ClN2O. The van der Waals surface area contributed by atoms with Crippen molar-refractivity contribution in [2.75, 3.05) is 20.2 Å². The Labute approximate surface area is 108 Å². The first kappa shape index (κ1) is 14.3. The molecular weight excluding hydrogens is 236 g/mol. The number of hydrogen-bond acceptors (Lipinski definition) is 3. The molecule has 17 heavy (non-hydrogen) atoms. The topological polar surface area (TPSA) is 47.3 Å². The monoisotopic (exact) mass is 256 g/mol. The van der Waals surface area contributed by atoms with E-state index in [2.05, 4.69) is 5.32 Å². The summed E-state index contributed by atoms with van der Waals surface area (Å²) in [5, 5.41) is 3.74. The molecule has 0 aromatic heterocycles. The number of benzene rings is 1. The molecule has 0 aliphatic heterocycles. The highest BCUT2D eigenvalue weighted by atomic mass is 35.5. The molecule has 0 radical (unpaired) electrons. The van der Waals surface area contributed by atoms with E-state index in [-0.39, 0.29) is 6.04 Å². The molecule has 1 aromatic carbocycles. The first-order chi connectivity index (χ1) is 8.19. The largest absolute Gasteiger partial charge is 0.492 e. The van der Waals surface area contributed by atoms with Gasteiger partial charge in [0, 0.05) is 6.04 Å². The summed E-state index contributed by atoms with van der Waals surface area (Å²) in [5.41, 5.74) is 7.17. The fraction of sp³-hybridized carbons (Fsp3) is 0.538. The number of rotatable bonds is 7. The van der Waals surface area contributed by atoms with Gasteiger partial charge in [0.2, 0.25) is 0 Å². The highest BCUT2D eigenvalue weighted by Gasteiger charge is 2.08. The summed E-state index contributed by atoms with van der Waals surface area (Å²) in [6.45, 7) is 3.54. The third-order valence-corrected chi connectivity index (χ3v) is 2.92. The van der Waals surface area contributed by atoms with Crippen molar-refractivity contribution in [3.8, 4) is 5.75 Å². The van der Waals surface area contributed by atoms with E-state index in [9.17, 15) is 0 Å². The first-order valence-electron chi connectivity index (χ1n) is 6.01. The van der Waals surface area contributed by atoms with E-state index < -0.39 is 0 Å². The van der Waals surface area contributed by atoms with Gasteiger partial charge in [0.15, 0.2) is 0 Å². The summed E-state index contributed by atoms with van der Waals surface area (Å²) in [6.07, 6.45) is 2.01. The summed E-state index contributed by atoms with van der Waals surface area (Å²) in [5.74, 6) is 0.723. The van der Waals surface area contributed by atoms with Crippen LogP contribution in [0.2, 0.25) is 5.02 Å². The lowest BCUT2D eigenvalue weighted by atomic mass is 10.0. The van der Waals surface area contributed by atoms with Crippen molar-refractivity contribution in [2.45, 2.75) is 25.8 Å². The highest BCUT2D eigenvalue weighted by Crippen LogP contribution is 2.28. The molecule has 1 aromatic rings. The maximum Gasteiger partial charge on any atom is 0.137 e. The fourth-order valence-electron chi connectivity index (χ4n) is 1.69. The van der Waals surface area contributed by atoms with Crippen LogP contribution >= 0.6 is 11.6 Å². The maximum atomic E-state index is 6.12. The van der Waals surface area contributed by atoms with Gasteiger partial charge in [-0.25, -0.2) is 0 Å². The minimum atomic E-state index is 0.0385. The van der Waals surface area contributed by atoms with Gasteiger partial charge in [0.05, 0.1) is 11.6 Å². The molecule has 1 atom stereocenters. The zero-order valence-corrected chi connectivity index (χ0v) is 11.3. The number of halogens is 1. The molecule has 3 nitrogen and oxygen atoms in total. The first-order valence-corrected chi connectivity index (χ1v) is 6.39. The van der Waals surface area contributed by atoms with Gasteiger partial charge < -0.3 is 15.8 Å². The molecule has 3 N–H and O–H groups in total. The third-order valence-electron chi connectivity index (χ3n) is 2.63. The molecule has 0 amide bonds. The molecule has 1 rings (SSSR count). The van der Waals surface area contributed by atoms with Crippen LogP contribution in [-0.2, 0) is 0 Å². The van der Waals surface area contributed by atoms with Crippen molar-refractivity contribution in [3.05, 3.63) is 28.8 Å².